The molecule has 2 aliphatic rings. The third kappa shape index (κ3) is 3.78. The molecule has 2 heterocycles. The van der Waals surface area contributed by atoms with E-state index in [4.69, 9.17) is 14.9 Å². The zero-order chi connectivity index (χ0) is 22.1. The molecule has 0 spiro atoms. The Morgan fingerprint density at radius 3 is 2.50 bits per heavy atom. The van der Waals surface area contributed by atoms with Crippen LogP contribution in [0.4, 0.5) is 10.5 Å². The van der Waals surface area contributed by atoms with Gasteiger partial charge in [0.15, 0.2) is 0 Å². The molecule has 0 saturated carbocycles. The number of rotatable bonds is 2. The van der Waals surface area contributed by atoms with Crippen LogP contribution in [-0.4, -0.2) is 61.0 Å². The van der Waals surface area contributed by atoms with Crippen molar-refractivity contribution in [1.82, 2.24) is 10.2 Å². The summed E-state index contributed by atoms with van der Waals surface area (Å²) in [5, 5.41) is 19.8. The van der Waals surface area contributed by atoms with Crippen LogP contribution in [0.25, 0.3) is 0 Å². The fraction of sp³-hybridized carbons (Fsp3) is 0.364. The molecule has 8 heteroatoms. The lowest BCUT2D eigenvalue weighted by Gasteiger charge is -2.32. The van der Waals surface area contributed by atoms with Gasteiger partial charge in [-0.3, -0.25) is 4.90 Å². The number of phenols is 1. The molecule has 2 atom stereocenters. The Morgan fingerprint density at radius 2 is 1.90 bits per heavy atom. The van der Waals surface area contributed by atoms with E-state index in [1.165, 1.54) is 17.7 Å². The molecule has 1 saturated heterocycles. The Kier molecular flexibility index (Phi) is 5.89. The van der Waals surface area contributed by atoms with Gasteiger partial charge in [0.25, 0.3) is 0 Å². The Labute approximate surface area is 175 Å². The molecule has 4 rings (SSSR count). The predicted molar refractivity (Wildman–Crippen MR) is 113 cm³/mol. The van der Waals surface area contributed by atoms with Crippen molar-refractivity contribution >= 4 is 17.7 Å². The van der Waals surface area contributed by atoms with Crippen LogP contribution in [-0.2, 0) is 5.41 Å². The van der Waals surface area contributed by atoms with Gasteiger partial charge in [-0.2, -0.15) is 0 Å². The van der Waals surface area contributed by atoms with E-state index in [0.717, 1.165) is 18.7 Å². The number of amides is 1. The summed E-state index contributed by atoms with van der Waals surface area (Å²) in [4.78, 5) is 26.3. The van der Waals surface area contributed by atoms with Crippen LogP contribution in [0.1, 0.15) is 29.3 Å². The van der Waals surface area contributed by atoms with Crippen LogP contribution >= 0.6 is 0 Å². The summed E-state index contributed by atoms with van der Waals surface area (Å²) < 4.78 is 5.23. The van der Waals surface area contributed by atoms with Gasteiger partial charge in [-0.15, -0.1) is 0 Å². The number of carboxylic acid groups (broad SMARTS) is 1. The number of para-hydroxylation sites is 1. The first-order chi connectivity index (χ1) is 14.2. The van der Waals surface area contributed by atoms with Crippen molar-refractivity contribution in [3.63, 3.8) is 0 Å². The van der Waals surface area contributed by atoms with Gasteiger partial charge in [0.05, 0.1) is 6.17 Å². The number of aromatic hydroxyl groups is 1. The first kappa shape index (κ1) is 21.4. The number of nitrogens with one attached hydrogen (secondary N) is 1. The summed E-state index contributed by atoms with van der Waals surface area (Å²) in [5.74, 6) is -0.728. The molecule has 1 amide bonds. The van der Waals surface area contributed by atoms with Crippen molar-refractivity contribution in [1.29, 1.82) is 0 Å². The van der Waals surface area contributed by atoms with Gasteiger partial charge in [0.2, 0.25) is 0 Å². The van der Waals surface area contributed by atoms with Gasteiger partial charge in [0.1, 0.15) is 17.1 Å². The SMILES string of the molecule is CNC(=O)Oc1ccc2c(c1)N(C)[C@@H]1N(C)CC[C@]21C.O=C(O)c1ccccc1O. The van der Waals surface area contributed by atoms with Crippen LogP contribution in [0.15, 0.2) is 42.5 Å². The first-order valence-corrected chi connectivity index (χ1v) is 9.67. The fourth-order valence-corrected chi connectivity index (χ4v) is 4.44. The number of likely N-dealkylation sites (N-methyl/N-ethyl adjacent to an activating group) is 2. The minimum atomic E-state index is -1.11. The maximum Gasteiger partial charge on any atom is 0.412 e. The van der Waals surface area contributed by atoms with Crippen LogP contribution in [0.5, 0.6) is 11.5 Å². The van der Waals surface area contributed by atoms with Gasteiger partial charge < -0.3 is 25.2 Å². The Hall–Kier alpha value is -3.26. The molecule has 3 N–H and O–H groups in total. The lowest BCUT2D eigenvalue weighted by atomic mass is 9.81. The molecule has 0 bridgehead atoms. The monoisotopic (exact) mass is 413 g/mol. The molecule has 160 valence electrons. The summed E-state index contributed by atoms with van der Waals surface area (Å²) >= 11 is 0. The van der Waals surface area contributed by atoms with E-state index in [1.807, 2.05) is 12.1 Å². The van der Waals surface area contributed by atoms with Crippen molar-refractivity contribution in [3.05, 3.63) is 53.6 Å². The summed E-state index contributed by atoms with van der Waals surface area (Å²) in [5.41, 5.74) is 2.59. The van der Waals surface area contributed by atoms with E-state index in [9.17, 15) is 9.59 Å². The highest BCUT2D eigenvalue weighted by Crippen LogP contribution is 2.51. The lowest BCUT2D eigenvalue weighted by Crippen LogP contribution is -2.45. The summed E-state index contributed by atoms with van der Waals surface area (Å²) in [6.07, 6.45) is 1.10. The minimum absolute atomic E-state index is 0.0671. The number of hydrogen-bond donors (Lipinski definition) is 3. The number of benzene rings is 2. The van der Waals surface area contributed by atoms with Gasteiger partial charge in [-0.1, -0.05) is 25.1 Å². The summed E-state index contributed by atoms with van der Waals surface area (Å²) in [7, 11) is 5.84. The van der Waals surface area contributed by atoms with Crippen molar-refractivity contribution in [2.24, 2.45) is 0 Å². The average molecular weight is 413 g/mol. The molecule has 2 aromatic rings. The van der Waals surface area contributed by atoms with Gasteiger partial charge in [0, 0.05) is 37.8 Å². The Balaban J connectivity index is 0.000000216. The van der Waals surface area contributed by atoms with Crippen molar-refractivity contribution in [3.8, 4) is 11.5 Å². The number of fused-ring (bicyclic) bond motifs is 3. The third-order valence-electron chi connectivity index (χ3n) is 5.85. The van der Waals surface area contributed by atoms with E-state index in [2.05, 4.69) is 42.2 Å². The molecule has 8 nitrogen and oxygen atoms in total. The Bertz CT molecular complexity index is 964. The standard InChI is InChI=1S/C15H21N3O2.C7H6O3/c1-15-7-8-17(3)13(15)18(4)12-9-10(5-6-11(12)15)20-14(19)16-2;8-6-4-2-1-3-5(6)7(9)10/h5-6,9,13H,7-8H2,1-4H3,(H,16,19);1-4,8H,(H,9,10)/t13-,15+;/m0./s1. The molecular formula is C22H27N3O5. The zero-order valence-corrected chi connectivity index (χ0v) is 17.5. The van der Waals surface area contributed by atoms with Gasteiger partial charge >= 0.3 is 12.1 Å². The topological polar surface area (TPSA) is 102 Å². The average Bonchev–Trinajstić information content (AvgIpc) is 3.14. The third-order valence-corrected chi connectivity index (χ3v) is 5.85. The number of anilines is 1. The van der Waals surface area contributed by atoms with Crippen LogP contribution in [0.3, 0.4) is 0 Å². The van der Waals surface area contributed by atoms with Crippen LogP contribution < -0.4 is 15.0 Å². The van der Waals surface area contributed by atoms with Crippen molar-refractivity contribution in [2.45, 2.75) is 24.9 Å². The molecule has 30 heavy (non-hydrogen) atoms. The first-order valence-electron chi connectivity index (χ1n) is 9.67. The van der Waals surface area contributed by atoms with Gasteiger partial charge in [-0.05, 0) is 37.2 Å². The number of ether oxygens (including phenoxy) is 1. The smallest absolute Gasteiger partial charge is 0.412 e. The quantitative estimate of drug-likeness (QED) is 0.696. The number of hydrogen-bond acceptors (Lipinski definition) is 6. The molecule has 0 radical (unpaired) electrons. The predicted octanol–water partition coefficient (Wildman–Crippen LogP) is 2.86. The normalized spacial score (nSPS) is 21.9. The second-order valence-corrected chi connectivity index (χ2v) is 7.77. The number of carboxylic acids is 1. The van der Waals surface area contributed by atoms with E-state index in [-0.39, 0.29) is 16.7 Å². The summed E-state index contributed by atoms with van der Waals surface area (Å²) in [6, 6.07) is 11.8. The highest BCUT2D eigenvalue weighted by Gasteiger charge is 2.52. The molecule has 2 aliphatic heterocycles. The molecule has 0 aliphatic carbocycles. The largest absolute Gasteiger partial charge is 0.507 e. The molecule has 2 aromatic carbocycles. The van der Waals surface area contributed by atoms with Gasteiger partial charge in [-0.25, -0.2) is 9.59 Å². The fourth-order valence-electron chi connectivity index (χ4n) is 4.44. The number of likely N-dealkylation sites (tertiary alicyclic amines) is 1. The zero-order valence-electron chi connectivity index (χ0n) is 17.5. The Morgan fingerprint density at radius 1 is 1.20 bits per heavy atom. The summed E-state index contributed by atoms with van der Waals surface area (Å²) in [6.45, 7) is 3.43. The van der Waals surface area contributed by atoms with E-state index < -0.39 is 12.1 Å². The van der Waals surface area contributed by atoms with Crippen molar-refractivity contribution in [2.75, 3.05) is 32.6 Å². The van der Waals surface area contributed by atoms with Crippen LogP contribution in [0, 0.1) is 0 Å². The molecule has 1 fully saturated rings. The maximum absolute atomic E-state index is 11.3. The van der Waals surface area contributed by atoms with E-state index in [0.29, 0.717) is 11.9 Å². The lowest BCUT2D eigenvalue weighted by molar-refractivity contribution is 0.0693. The number of aromatic carboxylic acids is 1. The van der Waals surface area contributed by atoms with E-state index in [1.54, 1.807) is 19.2 Å². The van der Waals surface area contributed by atoms with Crippen LogP contribution in [0.2, 0.25) is 0 Å². The molecule has 0 unspecified atom stereocenters. The molecule has 0 aromatic heterocycles. The number of nitrogens with zero attached hydrogens (tertiary/aromatic N) is 2. The molecular weight excluding hydrogens is 386 g/mol. The number of carbonyl (C=O) groups is 2. The number of carbonyl (C=O) groups excluding carboxylic acids is 1. The highest BCUT2D eigenvalue weighted by molar-refractivity contribution is 5.90. The van der Waals surface area contributed by atoms with E-state index >= 15 is 0 Å². The highest BCUT2D eigenvalue weighted by atomic mass is 16.5. The maximum atomic E-state index is 11.3. The second-order valence-electron chi connectivity index (χ2n) is 7.77. The van der Waals surface area contributed by atoms with Crippen molar-refractivity contribution < 1.29 is 24.5 Å². The second kappa shape index (κ2) is 8.23. The minimum Gasteiger partial charge on any atom is -0.507 e.